The highest BCUT2D eigenvalue weighted by atomic mass is 16.5. The normalized spacial score (nSPS) is 16.4. The third-order valence-corrected chi connectivity index (χ3v) is 3.62. The summed E-state index contributed by atoms with van der Waals surface area (Å²) < 4.78 is 5.16. The van der Waals surface area contributed by atoms with E-state index < -0.39 is 5.97 Å². The molecule has 104 valence electrons. The Bertz CT molecular complexity index is 426. The van der Waals surface area contributed by atoms with Gasteiger partial charge in [0.25, 0.3) is 0 Å². The molecule has 1 aromatic carbocycles. The van der Waals surface area contributed by atoms with Gasteiger partial charge in [-0.05, 0) is 37.0 Å². The maximum Gasteiger partial charge on any atom is 0.317 e. The van der Waals surface area contributed by atoms with Gasteiger partial charge in [0.2, 0.25) is 0 Å². The van der Waals surface area contributed by atoms with Gasteiger partial charge in [0, 0.05) is 12.1 Å². The van der Waals surface area contributed by atoms with Gasteiger partial charge < -0.3 is 9.84 Å². The van der Waals surface area contributed by atoms with Gasteiger partial charge in [-0.1, -0.05) is 19.1 Å². The molecule has 0 saturated heterocycles. The van der Waals surface area contributed by atoms with Gasteiger partial charge in [-0.25, -0.2) is 0 Å². The number of rotatable bonds is 7. The first-order valence-electron chi connectivity index (χ1n) is 6.77. The van der Waals surface area contributed by atoms with Gasteiger partial charge in [-0.3, -0.25) is 9.69 Å². The van der Waals surface area contributed by atoms with Crippen molar-refractivity contribution in [2.45, 2.75) is 38.3 Å². The summed E-state index contributed by atoms with van der Waals surface area (Å²) in [5.74, 6) is 0.0775. The Morgan fingerprint density at radius 1 is 1.42 bits per heavy atom. The molecular weight excluding hydrogens is 242 g/mol. The number of hydrogen-bond donors (Lipinski definition) is 1. The Morgan fingerprint density at radius 3 is 2.47 bits per heavy atom. The highest BCUT2D eigenvalue weighted by Gasteiger charge is 2.35. The lowest BCUT2D eigenvalue weighted by atomic mass is 10.0. The molecule has 1 unspecified atom stereocenters. The van der Waals surface area contributed by atoms with Crippen LogP contribution in [0, 0.1) is 0 Å². The molecule has 0 aliphatic heterocycles. The summed E-state index contributed by atoms with van der Waals surface area (Å²) in [6.45, 7) is 2.22. The van der Waals surface area contributed by atoms with Crippen LogP contribution in [0.15, 0.2) is 24.3 Å². The minimum absolute atomic E-state index is 0.120. The monoisotopic (exact) mass is 263 g/mol. The predicted molar refractivity (Wildman–Crippen MR) is 73.4 cm³/mol. The van der Waals surface area contributed by atoms with E-state index in [1.807, 2.05) is 24.3 Å². The molecule has 2 rings (SSSR count). The van der Waals surface area contributed by atoms with Gasteiger partial charge in [0.1, 0.15) is 5.75 Å². The van der Waals surface area contributed by atoms with E-state index in [0.29, 0.717) is 6.04 Å². The second kappa shape index (κ2) is 6.06. The van der Waals surface area contributed by atoms with E-state index in [1.165, 1.54) is 0 Å². The van der Waals surface area contributed by atoms with Crippen LogP contribution in [0.25, 0.3) is 0 Å². The van der Waals surface area contributed by atoms with Gasteiger partial charge in [-0.2, -0.15) is 0 Å². The van der Waals surface area contributed by atoms with Crippen molar-refractivity contribution in [3.05, 3.63) is 29.8 Å². The maximum absolute atomic E-state index is 11.0. The summed E-state index contributed by atoms with van der Waals surface area (Å²) in [5, 5.41) is 9.07. The summed E-state index contributed by atoms with van der Waals surface area (Å²) in [7, 11) is 1.65. The lowest BCUT2D eigenvalue weighted by Crippen LogP contribution is -2.35. The molecule has 1 saturated carbocycles. The summed E-state index contributed by atoms with van der Waals surface area (Å²) >= 11 is 0. The standard InChI is InChI=1S/C15H21NO3/c1-3-14(11-4-8-13(19-2)9-5-11)16(10-15(17)18)12-6-7-12/h4-5,8-9,12,14H,3,6-7,10H2,1-2H3,(H,17,18). The molecule has 0 spiro atoms. The Kier molecular flexibility index (Phi) is 4.43. The summed E-state index contributed by atoms with van der Waals surface area (Å²) in [6.07, 6.45) is 3.13. The highest BCUT2D eigenvalue weighted by molar-refractivity contribution is 5.69. The fraction of sp³-hybridized carbons (Fsp3) is 0.533. The molecule has 1 N–H and O–H groups in total. The molecule has 0 amide bonds. The van der Waals surface area contributed by atoms with Crippen LogP contribution in [-0.4, -0.2) is 35.7 Å². The quantitative estimate of drug-likeness (QED) is 0.821. The smallest absolute Gasteiger partial charge is 0.317 e. The van der Waals surface area contributed by atoms with Crippen molar-refractivity contribution < 1.29 is 14.6 Å². The molecule has 1 atom stereocenters. The number of carbonyl (C=O) groups is 1. The Balaban J connectivity index is 2.17. The van der Waals surface area contributed by atoms with Crippen LogP contribution < -0.4 is 4.74 Å². The lowest BCUT2D eigenvalue weighted by molar-refractivity contribution is -0.139. The molecule has 4 heteroatoms. The SMILES string of the molecule is CCC(c1ccc(OC)cc1)N(CC(=O)O)C1CC1. The number of carboxylic acid groups (broad SMARTS) is 1. The van der Waals surface area contributed by atoms with Crippen LogP contribution in [0.2, 0.25) is 0 Å². The largest absolute Gasteiger partial charge is 0.497 e. The number of aliphatic carboxylic acids is 1. The number of benzene rings is 1. The zero-order chi connectivity index (χ0) is 13.8. The average Bonchev–Trinajstić information content (AvgIpc) is 3.23. The minimum atomic E-state index is -0.751. The van der Waals surface area contributed by atoms with E-state index in [1.54, 1.807) is 7.11 Å². The van der Waals surface area contributed by atoms with Crippen LogP contribution in [0.5, 0.6) is 5.75 Å². The van der Waals surface area contributed by atoms with Crippen LogP contribution >= 0.6 is 0 Å². The molecule has 0 aromatic heterocycles. The topological polar surface area (TPSA) is 49.8 Å². The molecule has 4 nitrogen and oxygen atoms in total. The van der Waals surface area contributed by atoms with Crippen LogP contribution in [0.1, 0.15) is 37.8 Å². The number of nitrogens with zero attached hydrogens (tertiary/aromatic N) is 1. The zero-order valence-corrected chi connectivity index (χ0v) is 11.5. The van der Waals surface area contributed by atoms with E-state index in [0.717, 1.165) is 30.6 Å². The van der Waals surface area contributed by atoms with E-state index in [9.17, 15) is 4.79 Å². The molecule has 1 aliphatic rings. The van der Waals surface area contributed by atoms with E-state index in [-0.39, 0.29) is 12.6 Å². The Morgan fingerprint density at radius 2 is 2.05 bits per heavy atom. The van der Waals surface area contributed by atoms with Crippen molar-refractivity contribution in [1.29, 1.82) is 0 Å². The van der Waals surface area contributed by atoms with E-state index >= 15 is 0 Å². The van der Waals surface area contributed by atoms with E-state index in [2.05, 4.69) is 11.8 Å². The second-order valence-corrected chi connectivity index (χ2v) is 4.99. The predicted octanol–water partition coefficient (Wildman–Crippen LogP) is 2.70. The molecular formula is C15H21NO3. The molecule has 1 fully saturated rings. The van der Waals surface area contributed by atoms with Crippen LogP contribution in [-0.2, 0) is 4.79 Å². The van der Waals surface area contributed by atoms with Gasteiger partial charge in [0.15, 0.2) is 0 Å². The number of ether oxygens (including phenoxy) is 1. The number of carboxylic acids is 1. The van der Waals surface area contributed by atoms with Gasteiger partial charge in [-0.15, -0.1) is 0 Å². The molecule has 19 heavy (non-hydrogen) atoms. The Hall–Kier alpha value is -1.55. The summed E-state index contributed by atoms with van der Waals surface area (Å²) in [6, 6.07) is 8.54. The first-order chi connectivity index (χ1) is 9.15. The summed E-state index contributed by atoms with van der Waals surface area (Å²) in [5.41, 5.74) is 1.16. The fourth-order valence-corrected chi connectivity index (χ4v) is 2.54. The average molecular weight is 263 g/mol. The lowest BCUT2D eigenvalue weighted by Gasteiger charge is -2.30. The van der Waals surface area contributed by atoms with Crippen molar-refractivity contribution in [3.8, 4) is 5.75 Å². The van der Waals surface area contributed by atoms with Crippen LogP contribution in [0.4, 0.5) is 0 Å². The van der Waals surface area contributed by atoms with Crippen molar-refractivity contribution >= 4 is 5.97 Å². The van der Waals surface area contributed by atoms with Crippen molar-refractivity contribution in [1.82, 2.24) is 4.90 Å². The van der Waals surface area contributed by atoms with Crippen LogP contribution in [0.3, 0.4) is 0 Å². The molecule has 0 radical (unpaired) electrons. The first kappa shape index (κ1) is 13.9. The number of hydrogen-bond acceptors (Lipinski definition) is 3. The van der Waals surface area contributed by atoms with E-state index in [4.69, 9.17) is 9.84 Å². The first-order valence-corrected chi connectivity index (χ1v) is 6.77. The zero-order valence-electron chi connectivity index (χ0n) is 11.5. The molecule has 0 bridgehead atoms. The molecule has 1 aromatic rings. The minimum Gasteiger partial charge on any atom is -0.497 e. The van der Waals surface area contributed by atoms with Gasteiger partial charge in [0.05, 0.1) is 13.7 Å². The molecule has 0 heterocycles. The van der Waals surface area contributed by atoms with Crippen molar-refractivity contribution in [2.24, 2.45) is 0 Å². The van der Waals surface area contributed by atoms with Crippen molar-refractivity contribution in [2.75, 3.05) is 13.7 Å². The third-order valence-electron chi connectivity index (χ3n) is 3.62. The number of methoxy groups -OCH3 is 1. The third kappa shape index (κ3) is 3.47. The highest BCUT2D eigenvalue weighted by Crippen LogP contribution is 2.36. The summed E-state index contributed by atoms with van der Waals surface area (Å²) in [4.78, 5) is 13.1. The molecule has 1 aliphatic carbocycles. The maximum atomic E-state index is 11.0. The fourth-order valence-electron chi connectivity index (χ4n) is 2.54. The Labute approximate surface area is 114 Å². The second-order valence-electron chi connectivity index (χ2n) is 4.99. The van der Waals surface area contributed by atoms with Crippen molar-refractivity contribution in [3.63, 3.8) is 0 Å². The van der Waals surface area contributed by atoms with Gasteiger partial charge >= 0.3 is 5.97 Å².